The van der Waals surface area contributed by atoms with Crippen molar-refractivity contribution in [3.63, 3.8) is 0 Å². The summed E-state index contributed by atoms with van der Waals surface area (Å²) < 4.78 is 56.6. The molecule has 1 aliphatic rings. The van der Waals surface area contributed by atoms with Gasteiger partial charge in [-0.1, -0.05) is 12.1 Å². The van der Waals surface area contributed by atoms with Crippen molar-refractivity contribution in [1.82, 2.24) is 19.9 Å². The van der Waals surface area contributed by atoms with Gasteiger partial charge in [0.2, 0.25) is 12.3 Å². The van der Waals surface area contributed by atoms with Gasteiger partial charge in [0, 0.05) is 38.4 Å². The Morgan fingerprint density at radius 2 is 1.93 bits per heavy atom. The maximum Gasteiger partial charge on any atom is 0.433 e. The Morgan fingerprint density at radius 1 is 1.21 bits per heavy atom. The molecule has 15 heteroatoms. The highest BCUT2D eigenvalue weighted by Gasteiger charge is 2.33. The lowest BCUT2D eigenvalue weighted by molar-refractivity contribution is -0.141. The van der Waals surface area contributed by atoms with Crippen LogP contribution in [0.5, 0.6) is 11.6 Å². The topological polar surface area (TPSA) is 137 Å². The molecule has 0 spiro atoms. The smallest absolute Gasteiger partial charge is 0.433 e. The SMILES string of the molecule is COC(C)(C)C.NC(=S)Nc1ccccc1Oc1cc(-c2ccc(C(F)(F)F)nc2NCC2CN(C=O)CCO2)ncn1. The number of nitrogens with two attached hydrogens (primary N) is 1. The molecular weight excluding hydrogens is 587 g/mol. The number of anilines is 2. The van der Waals surface area contributed by atoms with E-state index >= 15 is 0 Å². The number of morpholine rings is 1. The van der Waals surface area contributed by atoms with Gasteiger partial charge in [0.15, 0.2) is 10.9 Å². The van der Waals surface area contributed by atoms with E-state index in [2.05, 4.69) is 25.6 Å². The Bertz CT molecular complexity index is 1390. The van der Waals surface area contributed by atoms with Crippen LogP contribution in [0.25, 0.3) is 11.3 Å². The molecule has 0 saturated carbocycles. The Hall–Kier alpha value is -4.08. The maximum absolute atomic E-state index is 13.4. The highest BCUT2D eigenvalue weighted by Crippen LogP contribution is 2.34. The van der Waals surface area contributed by atoms with Crippen molar-refractivity contribution in [3.8, 4) is 22.9 Å². The van der Waals surface area contributed by atoms with Crippen LogP contribution >= 0.6 is 12.2 Å². The van der Waals surface area contributed by atoms with Crippen molar-refractivity contribution in [3.05, 3.63) is 54.5 Å². The van der Waals surface area contributed by atoms with E-state index in [1.807, 2.05) is 20.8 Å². The van der Waals surface area contributed by atoms with E-state index in [0.717, 1.165) is 6.07 Å². The van der Waals surface area contributed by atoms with E-state index in [-0.39, 0.29) is 40.2 Å². The van der Waals surface area contributed by atoms with Crippen molar-refractivity contribution in [2.45, 2.75) is 38.7 Å². The fraction of sp³-hybridized carbons (Fsp3) is 0.393. The lowest BCUT2D eigenvalue weighted by Crippen LogP contribution is -2.44. The molecule has 2 aromatic heterocycles. The Kier molecular flexibility index (Phi) is 11.6. The minimum absolute atomic E-state index is 0.0417. The first-order chi connectivity index (χ1) is 20.3. The van der Waals surface area contributed by atoms with E-state index in [4.69, 9.17) is 32.2 Å². The van der Waals surface area contributed by atoms with Crippen LogP contribution in [0.2, 0.25) is 0 Å². The average molecular weight is 622 g/mol. The number of nitrogens with zero attached hydrogens (tertiary/aromatic N) is 4. The molecule has 1 amide bonds. The van der Waals surface area contributed by atoms with Gasteiger partial charge in [0.1, 0.15) is 17.8 Å². The molecule has 0 aliphatic carbocycles. The number of carbonyl (C=O) groups is 1. The molecular formula is C28H34F3N7O4S. The molecule has 1 aromatic carbocycles. The van der Waals surface area contributed by atoms with Gasteiger partial charge in [0.05, 0.1) is 29.7 Å². The van der Waals surface area contributed by atoms with E-state index in [1.54, 1.807) is 31.4 Å². The van der Waals surface area contributed by atoms with Gasteiger partial charge < -0.3 is 35.5 Å². The second-order valence-electron chi connectivity index (χ2n) is 10.2. The summed E-state index contributed by atoms with van der Waals surface area (Å²) in [7, 11) is 1.71. The normalized spacial score (nSPS) is 15.1. The number of methoxy groups -OCH3 is 1. The van der Waals surface area contributed by atoms with Crippen LogP contribution in [0, 0.1) is 0 Å². The van der Waals surface area contributed by atoms with E-state index in [1.165, 1.54) is 23.4 Å². The second kappa shape index (κ2) is 14.9. The standard InChI is InChI=1S/C23H22F3N7O3S.C5H12O/c24-23(25,26)19-6-5-15(21(32-19)28-10-14-11-33(13-34)7-8-35-14)17-9-20(30-12-29-17)36-18-4-2-1-3-16(18)31-22(27)37;1-5(2,3)6-4/h1-6,9,12-14H,7-8,10-11H2,(H,28,32)(H3,27,31,37);1-4H3. The van der Waals surface area contributed by atoms with Crippen molar-refractivity contribution < 1.29 is 32.2 Å². The summed E-state index contributed by atoms with van der Waals surface area (Å²) >= 11 is 4.89. The number of pyridine rings is 1. The van der Waals surface area contributed by atoms with Crippen LogP contribution in [0.15, 0.2) is 48.8 Å². The molecule has 0 radical (unpaired) electrons. The number of alkyl halides is 3. The first kappa shape index (κ1) is 33.4. The molecule has 1 fully saturated rings. The van der Waals surface area contributed by atoms with Gasteiger partial charge in [-0.3, -0.25) is 4.79 Å². The number of carbonyl (C=O) groups excluding carboxylic acids is 1. The van der Waals surface area contributed by atoms with Crippen LogP contribution in [-0.2, 0) is 20.4 Å². The molecule has 1 aliphatic heterocycles. The largest absolute Gasteiger partial charge is 0.437 e. The predicted octanol–water partition coefficient (Wildman–Crippen LogP) is 4.71. The number of hydrogen-bond acceptors (Lipinski definition) is 9. The number of rotatable bonds is 8. The van der Waals surface area contributed by atoms with Gasteiger partial charge in [-0.2, -0.15) is 13.2 Å². The Balaban J connectivity index is 0.000000765. The number of halogens is 3. The van der Waals surface area contributed by atoms with E-state index in [9.17, 15) is 18.0 Å². The van der Waals surface area contributed by atoms with Crippen LogP contribution in [0.3, 0.4) is 0 Å². The number of nitrogens with one attached hydrogen (secondary N) is 2. The first-order valence-corrected chi connectivity index (χ1v) is 13.5. The number of benzene rings is 1. The van der Waals surface area contributed by atoms with Crippen molar-refractivity contribution in [2.75, 3.05) is 44.0 Å². The minimum atomic E-state index is -4.65. The summed E-state index contributed by atoms with van der Waals surface area (Å²) in [6, 6.07) is 10.5. The monoisotopic (exact) mass is 621 g/mol. The van der Waals surface area contributed by atoms with Crippen molar-refractivity contribution in [2.24, 2.45) is 5.73 Å². The lowest BCUT2D eigenvalue weighted by Gasteiger charge is -2.30. The zero-order valence-corrected chi connectivity index (χ0v) is 25.0. The zero-order chi connectivity index (χ0) is 31.6. The van der Waals surface area contributed by atoms with Crippen molar-refractivity contribution in [1.29, 1.82) is 0 Å². The molecule has 1 unspecified atom stereocenters. The summed E-state index contributed by atoms with van der Waals surface area (Å²) in [6.07, 6.45) is -3.14. The number of hydrogen-bond donors (Lipinski definition) is 3. The molecule has 11 nitrogen and oxygen atoms in total. The summed E-state index contributed by atoms with van der Waals surface area (Å²) in [5.74, 6) is 0.449. The molecule has 0 bridgehead atoms. The summed E-state index contributed by atoms with van der Waals surface area (Å²) in [5.41, 5.74) is 5.60. The number of thiocarbonyl (C=S) groups is 1. The molecule has 1 saturated heterocycles. The fourth-order valence-corrected chi connectivity index (χ4v) is 3.69. The highest BCUT2D eigenvalue weighted by atomic mass is 32.1. The second-order valence-corrected chi connectivity index (χ2v) is 10.6. The highest BCUT2D eigenvalue weighted by molar-refractivity contribution is 7.80. The fourth-order valence-electron chi connectivity index (χ4n) is 3.58. The number of ether oxygens (including phenoxy) is 3. The predicted molar refractivity (Wildman–Crippen MR) is 160 cm³/mol. The zero-order valence-electron chi connectivity index (χ0n) is 24.1. The van der Waals surface area contributed by atoms with Crippen LogP contribution < -0.4 is 21.1 Å². The third-order valence-corrected chi connectivity index (χ3v) is 5.99. The van der Waals surface area contributed by atoms with Crippen LogP contribution in [-0.4, -0.2) is 76.4 Å². The van der Waals surface area contributed by atoms with Gasteiger partial charge in [0.25, 0.3) is 0 Å². The van der Waals surface area contributed by atoms with Crippen molar-refractivity contribution >= 4 is 35.2 Å². The van der Waals surface area contributed by atoms with Crippen LogP contribution in [0.1, 0.15) is 26.5 Å². The van der Waals surface area contributed by atoms with Gasteiger partial charge in [-0.05, 0) is 57.3 Å². The first-order valence-electron chi connectivity index (χ1n) is 13.1. The molecule has 43 heavy (non-hydrogen) atoms. The number of amides is 1. The lowest BCUT2D eigenvalue weighted by atomic mass is 10.1. The van der Waals surface area contributed by atoms with E-state index < -0.39 is 18.0 Å². The molecule has 3 heterocycles. The number of para-hydroxylation sites is 2. The quantitative estimate of drug-likeness (QED) is 0.238. The minimum Gasteiger partial charge on any atom is -0.437 e. The molecule has 4 N–H and O–H groups in total. The maximum atomic E-state index is 13.4. The number of aromatic nitrogens is 3. The van der Waals surface area contributed by atoms with Crippen LogP contribution in [0.4, 0.5) is 24.7 Å². The summed E-state index contributed by atoms with van der Waals surface area (Å²) in [6.45, 7) is 7.26. The summed E-state index contributed by atoms with van der Waals surface area (Å²) in [5, 5.41) is 5.77. The third kappa shape index (κ3) is 10.6. The molecule has 4 rings (SSSR count). The average Bonchev–Trinajstić information content (AvgIpc) is 2.96. The summed E-state index contributed by atoms with van der Waals surface area (Å²) in [4.78, 5) is 24.7. The van der Waals surface area contributed by atoms with Gasteiger partial charge in [-0.15, -0.1) is 0 Å². The molecule has 1 atom stereocenters. The third-order valence-electron chi connectivity index (χ3n) is 5.89. The van der Waals surface area contributed by atoms with Gasteiger partial charge in [-0.25, -0.2) is 15.0 Å². The molecule has 3 aromatic rings. The van der Waals surface area contributed by atoms with Gasteiger partial charge >= 0.3 is 6.18 Å². The van der Waals surface area contributed by atoms with E-state index in [0.29, 0.717) is 37.5 Å². The molecule has 232 valence electrons. The Labute approximate surface area is 253 Å². The Morgan fingerprint density at radius 3 is 2.58 bits per heavy atom.